The molecule has 0 saturated carbocycles. The summed E-state index contributed by atoms with van der Waals surface area (Å²) in [6.45, 7) is 0. The van der Waals surface area contributed by atoms with E-state index in [1.165, 1.54) is 0 Å². The first-order valence-corrected chi connectivity index (χ1v) is 18.2. The van der Waals surface area contributed by atoms with Crippen LogP contribution in [0, 0.1) is 0 Å². The molecule has 0 aliphatic rings. The molecule has 0 aliphatic carbocycles. The molecule has 2 heterocycles. The molecule has 2 heteroatoms. The summed E-state index contributed by atoms with van der Waals surface area (Å²) in [5.41, 5.74) is -15.0. The molecule has 12 rings (SSSR count). The molecule has 0 fully saturated rings. The monoisotopic (exact) mass is 828 g/mol. The van der Waals surface area contributed by atoms with E-state index in [9.17, 15) is 21.9 Å². The van der Waals surface area contributed by atoms with Gasteiger partial charge in [-0.15, -0.1) is 0 Å². The third-order valence-corrected chi connectivity index (χ3v) is 9.55. The topological polar surface area (TPSA) is 9.86 Å². The van der Waals surface area contributed by atoms with Gasteiger partial charge in [-0.25, -0.2) is 0 Å². The first-order chi connectivity index (χ1) is 47.0. The largest absolute Gasteiger partial charge is 0.309 e. The quantitative estimate of drug-likeness (QED) is 0.151. The summed E-state index contributed by atoms with van der Waals surface area (Å²) in [6.07, 6.45) is 0. The average molecular weight is 828 g/mol. The van der Waals surface area contributed by atoms with Crippen molar-refractivity contribution in [3.05, 3.63) is 242 Å². The molecule has 2 nitrogen and oxygen atoms in total. The average Bonchev–Trinajstić information content (AvgIpc) is 1.55. The number of nitrogens with zero attached hydrogens (tertiary/aromatic N) is 2. The van der Waals surface area contributed by atoms with E-state index >= 15 is 0 Å². The van der Waals surface area contributed by atoms with E-state index in [1.54, 1.807) is 0 Å². The van der Waals surface area contributed by atoms with E-state index in [2.05, 4.69) is 0 Å². The van der Waals surface area contributed by atoms with Crippen LogP contribution in [0.25, 0.3) is 111 Å². The van der Waals surface area contributed by atoms with Gasteiger partial charge in [0.05, 0.1) is 75.5 Å². The lowest BCUT2D eigenvalue weighted by molar-refractivity contribution is 1.18. The molecule has 62 heavy (non-hydrogen) atoms. The predicted octanol–water partition coefficient (Wildman–Crippen LogP) is 16.2. The standard InChI is InChI=1S/C60H40N2/c1-5-17-41(18-6-1)47-33-48(42-19-7-2-8-20-42)36-51(35-47)61-57-27-15-13-25-53(57)55-39-45(29-31-59(55)61)46-30-32-60-56(40-46)54-26-14-16-28-58(54)62(60)52-37-49(43-21-9-3-10-22-43)34-50(38-52)44-23-11-4-12-24-44/h1-40H/i1D,2D,3D,4D,5D,6D,7D,8D,9D,10D,11D,12D,13D,14D,15D,16D,17D,18D,19D,20D,21D,22D,23D,25D,26D,27D,28D,29D,30D,31D,32D,33D,34D,35D,36D,37D,38D,39D,40D. The Morgan fingerprint density at radius 3 is 1.00 bits per heavy atom. The van der Waals surface area contributed by atoms with Gasteiger partial charge in [0.15, 0.2) is 0 Å². The number of fused-ring (bicyclic) bond motifs is 6. The zero-order valence-corrected chi connectivity index (χ0v) is 31.0. The molecule has 0 N–H and O–H groups in total. The van der Waals surface area contributed by atoms with Crippen molar-refractivity contribution >= 4 is 43.6 Å². The van der Waals surface area contributed by atoms with Gasteiger partial charge in [0.2, 0.25) is 0 Å². The van der Waals surface area contributed by atoms with Gasteiger partial charge in [-0.3, -0.25) is 0 Å². The van der Waals surface area contributed by atoms with Crippen LogP contribution in [0.15, 0.2) is 242 Å². The summed E-state index contributed by atoms with van der Waals surface area (Å²) >= 11 is 0. The third-order valence-electron chi connectivity index (χ3n) is 9.55. The maximum absolute atomic E-state index is 10.2. The number of benzene rings is 10. The molecule has 0 unspecified atom stereocenters. The van der Waals surface area contributed by atoms with E-state index < -0.39 is 346 Å². The normalized spacial score (nSPS) is 20.4. The molecule has 0 atom stereocenters. The number of rotatable bonds is 7. The zero-order valence-electron chi connectivity index (χ0n) is 70.0. The van der Waals surface area contributed by atoms with Crippen LogP contribution in [0.4, 0.5) is 0 Å². The van der Waals surface area contributed by atoms with Crippen LogP contribution < -0.4 is 0 Å². The van der Waals surface area contributed by atoms with Crippen LogP contribution >= 0.6 is 0 Å². The number of hydrogen-bond donors (Lipinski definition) is 0. The highest BCUT2D eigenvalue weighted by atomic mass is 15.0. The van der Waals surface area contributed by atoms with Crippen LogP contribution in [0.2, 0.25) is 0 Å². The van der Waals surface area contributed by atoms with Crippen LogP contribution in [-0.2, 0) is 0 Å². The summed E-state index contributed by atoms with van der Waals surface area (Å²) < 4.78 is 359. The van der Waals surface area contributed by atoms with Crippen molar-refractivity contribution in [2.45, 2.75) is 0 Å². The highest BCUT2D eigenvalue weighted by Crippen LogP contribution is 2.41. The fourth-order valence-corrected chi connectivity index (χ4v) is 6.91. The summed E-state index contributed by atoms with van der Waals surface area (Å²) in [4.78, 5) is 0. The van der Waals surface area contributed by atoms with E-state index in [4.69, 9.17) is 31.5 Å². The lowest BCUT2D eigenvalue weighted by Gasteiger charge is -2.14. The first-order valence-electron chi connectivity index (χ1n) is 37.7. The number of para-hydroxylation sites is 2. The van der Waals surface area contributed by atoms with E-state index in [0.717, 1.165) is 6.07 Å². The highest BCUT2D eigenvalue weighted by Gasteiger charge is 2.18. The Hall–Kier alpha value is -8.20. The van der Waals surface area contributed by atoms with Gasteiger partial charge in [0.25, 0.3) is 0 Å². The fourth-order valence-electron chi connectivity index (χ4n) is 6.91. The van der Waals surface area contributed by atoms with Crippen LogP contribution in [0.3, 0.4) is 0 Å². The molecule has 0 saturated heterocycles. The molecular weight excluding hydrogens is 749 g/mol. The molecule has 0 aliphatic heterocycles. The lowest BCUT2D eigenvalue weighted by atomic mass is 9.98. The van der Waals surface area contributed by atoms with E-state index in [-0.39, 0.29) is 0 Å². The van der Waals surface area contributed by atoms with Crippen molar-refractivity contribution in [1.29, 1.82) is 0 Å². The zero-order chi connectivity index (χ0) is 74.9. The van der Waals surface area contributed by atoms with E-state index in [0.29, 0.717) is 9.13 Å². The van der Waals surface area contributed by atoms with Crippen molar-refractivity contribution in [2.75, 3.05) is 0 Å². The van der Waals surface area contributed by atoms with Crippen LogP contribution in [0.1, 0.15) is 53.5 Å². The summed E-state index contributed by atoms with van der Waals surface area (Å²) in [7, 11) is 0. The molecule has 290 valence electrons. The van der Waals surface area contributed by atoms with Gasteiger partial charge in [0.1, 0.15) is 0 Å². The van der Waals surface area contributed by atoms with Gasteiger partial charge in [0, 0.05) is 32.9 Å². The van der Waals surface area contributed by atoms with Gasteiger partial charge in [-0.2, -0.15) is 0 Å². The Morgan fingerprint density at radius 2 is 0.565 bits per heavy atom. The molecular formula is C60H40N2. The van der Waals surface area contributed by atoms with Crippen molar-refractivity contribution in [3.8, 4) is 67.0 Å². The minimum absolute atomic E-state index is 0.561. The van der Waals surface area contributed by atoms with Crippen molar-refractivity contribution in [2.24, 2.45) is 0 Å². The van der Waals surface area contributed by atoms with Gasteiger partial charge in [-0.1, -0.05) is 169 Å². The number of aromatic nitrogens is 2. The van der Waals surface area contributed by atoms with Crippen molar-refractivity contribution < 1.29 is 53.5 Å². The van der Waals surface area contributed by atoms with E-state index in [1.807, 2.05) is 0 Å². The summed E-state index contributed by atoms with van der Waals surface area (Å²) in [5.74, 6) is 0. The smallest absolute Gasteiger partial charge is 0.0651 e. The van der Waals surface area contributed by atoms with Gasteiger partial charge in [-0.05, 0) is 128 Å². The maximum Gasteiger partial charge on any atom is 0.0651 e. The minimum Gasteiger partial charge on any atom is -0.309 e. The molecule has 2 aromatic heterocycles. The fraction of sp³-hybridized carbons (Fsp3) is 0. The summed E-state index contributed by atoms with van der Waals surface area (Å²) in [6, 6.07) is -41.0. The van der Waals surface area contributed by atoms with Crippen LogP contribution in [0.5, 0.6) is 0 Å². The van der Waals surface area contributed by atoms with Crippen LogP contribution in [-0.4, -0.2) is 9.13 Å². The predicted molar refractivity (Wildman–Crippen MR) is 262 cm³/mol. The molecule has 10 aromatic carbocycles. The van der Waals surface area contributed by atoms with Crippen molar-refractivity contribution in [1.82, 2.24) is 9.13 Å². The SMILES string of the molecule is [2H]c1cc(-c2c([2H])c(-c3c([2H])c([2H])c([2H])c([2H])c3[2H])c([2H])c(-n3c4c([2H])c([2H])c([2H])c([2H])c4c4c([2H])c(-c5c([2H])c([2H])c6c(c5[2H])c5c([2H])c([2H])c([2H])c([2H])c5n6-c5c([2H])c(-c6c([2H])c([2H])c([2H])c([2H])c6[2H])c([2H])c(-c6c([2H])c([2H])c([2H])c([2H])c6[2H])c5[2H])c([2H])c([2H])c43)c2[2H])c([2H])c([2H])c1[2H]. The second-order valence-corrected chi connectivity index (χ2v) is 13.1. The molecule has 12 aromatic rings. The number of hydrogen-bond acceptors (Lipinski definition) is 0. The molecule has 0 spiro atoms. The van der Waals surface area contributed by atoms with Gasteiger partial charge >= 0.3 is 0 Å². The Morgan fingerprint density at radius 1 is 0.226 bits per heavy atom. The third kappa shape index (κ3) is 6.12. The Bertz CT molecular complexity index is 5760. The Balaban J connectivity index is 1.29. The van der Waals surface area contributed by atoms with Gasteiger partial charge < -0.3 is 9.13 Å². The molecule has 0 amide bonds. The highest BCUT2D eigenvalue weighted by molar-refractivity contribution is 6.13. The lowest BCUT2D eigenvalue weighted by Crippen LogP contribution is -1.96. The second kappa shape index (κ2) is 14.8. The summed E-state index contributed by atoms with van der Waals surface area (Å²) in [5, 5.41) is -3.26. The van der Waals surface area contributed by atoms with Crippen molar-refractivity contribution in [3.63, 3.8) is 0 Å². The Kier molecular flexibility index (Phi) is 3.33. The second-order valence-electron chi connectivity index (χ2n) is 13.1. The minimum atomic E-state index is -1.26. The Labute approximate surface area is 415 Å². The molecule has 0 bridgehead atoms. The molecule has 0 radical (unpaired) electrons. The maximum atomic E-state index is 10.2. The first kappa shape index (κ1) is 13.9.